The third kappa shape index (κ3) is 3.81. The summed E-state index contributed by atoms with van der Waals surface area (Å²) in [7, 11) is -0.258. The average Bonchev–Trinajstić information content (AvgIpc) is 2.46. The van der Waals surface area contributed by atoms with Crippen LogP contribution in [0.1, 0.15) is 51.9 Å². The number of Topliss-reactive ketones (excluding diaryl/α,β-unsaturated/α-hetero) is 1. The number of hydrogen-bond donors (Lipinski definition) is 0. The minimum atomic E-state index is -1.86. The van der Waals surface area contributed by atoms with E-state index in [1.807, 2.05) is 12.1 Å². The summed E-state index contributed by atoms with van der Waals surface area (Å²) in [5.41, 5.74) is 5.65. The molecule has 0 unspecified atom stereocenters. The minimum absolute atomic E-state index is 0.113. The lowest BCUT2D eigenvalue weighted by Crippen LogP contribution is -2.43. The third-order valence-electron chi connectivity index (χ3n) is 4.59. The standard InChI is InChI=1S/C19H28O2Si/c1-14(2)22(15(3)4,16(5)6)12-11-19(20)17-9-8-10-18(13-17)21-7/h8-10,13-16H,1-7H3. The Bertz CT molecular complexity index is 555. The van der Waals surface area contributed by atoms with E-state index in [0.717, 1.165) is 0 Å². The fraction of sp³-hybridized carbons (Fsp3) is 0.526. The Hall–Kier alpha value is -1.53. The second-order valence-corrected chi connectivity index (χ2v) is 12.3. The van der Waals surface area contributed by atoms with Gasteiger partial charge in [-0.1, -0.05) is 53.7 Å². The Kier molecular flexibility index (Phi) is 6.43. The highest BCUT2D eigenvalue weighted by molar-refractivity contribution is 6.90. The van der Waals surface area contributed by atoms with Crippen molar-refractivity contribution in [1.29, 1.82) is 0 Å². The summed E-state index contributed by atoms with van der Waals surface area (Å²) in [4.78, 5) is 12.4. The molecule has 0 spiro atoms. The molecule has 1 rings (SSSR count). The van der Waals surface area contributed by atoms with Gasteiger partial charge in [0.25, 0.3) is 0 Å². The van der Waals surface area contributed by atoms with E-state index in [4.69, 9.17) is 4.74 Å². The fourth-order valence-corrected chi connectivity index (χ4v) is 8.63. The molecule has 0 aliphatic heterocycles. The first kappa shape index (κ1) is 18.5. The van der Waals surface area contributed by atoms with Gasteiger partial charge in [0.1, 0.15) is 13.8 Å². The number of rotatable bonds is 5. The van der Waals surface area contributed by atoms with Crippen LogP contribution in [0.25, 0.3) is 0 Å². The van der Waals surface area contributed by atoms with Crippen molar-refractivity contribution in [1.82, 2.24) is 0 Å². The van der Waals surface area contributed by atoms with Gasteiger partial charge in [-0.3, -0.25) is 4.79 Å². The van der Waals surface area contributed by atoms with Crippen LogP contribution in [0.3, 0.4) is 0 Å². The Labute approximate surface area is 136 Å². The van der Waals surface area contributed by atoms with Crippen LogP contribution >= 0.6 is 0 Å². The Morgan fingerprint density at radius 2 is 1.59 bits per heavy atom. The molecule has 22 heavy (non-hydrogen) atoms. The van der Waals surface area contributed by atoms with Gasteiger partial charge in [0.05, 0.1) is 7.11 Å². The zero-order chi connectivity index (χ0) is 16.9. The summed E-state index contributed by atoms with van der Waals surface area (Å²) in [5.74, 6) is 3.53. The van der Waals surface area contributed by atoms with E-state index < -0.39 is 8.07 Å². The Balaban J connectivity index is 3.19. The maximum absolute atomic E-state index is 12.4. The van der Waals surface area contributed by atoms with Crippen LogP contribution < -0.4 is 4.74 Å². The molecule has 0 aliphatic rings. The summed E-state index contributed by atoms with van der Waals surface area (Å²) in [6.07, 6.45) is 0. The second-order valence-electron chi connectivity index (χ2n) is 6.71. The van der Waals surface area contributed by atoms with Gasteiger partial charge in [0.2, 0.25) is 5.78 Å². The van der Waals surface area contributed by atoms with Crippen molar-refractivity contribution in [3.63, 3.8) is 0 Å². The van der Waals surface area contributed by atoms with E-state index in [-0.39, 0.29) is 5.78 Å². The Morgan fingerprint density at radius 1 is 1.05 bits per heavy atom. The summed E-state index contributed by atoms with van der Waals surface area (Å²) >= 11 is 0. The highest BCUT2D eigenvalue weighted by atomic mass is 28.3. The molecule has 0 aromatic heterocycles. The molecule has 0 fully saturated rings. The largest absolute Gasteiger partial charge is 0.497 e. The van der Waals surface area contributed by atoms with E-state index in [2.05, 4.69) is 53.0 Å². The molecule has 2 nitrogen and oxygen atoms in total. The van der Waals surface area contributed by atoms with Crippen molar-refractivity contribution in [2.45, 2.75) is 58.2 Å². The van der Waals surface area contributed by atoms with Gasteiger partial charge in [-0.05, 0) is 34.7 Å². The smallest absolute Gasteiger partial charge is 0.235 e. The molecular formula is C19H28O2Si. The van der Waals surface area contributed by atoms with Crippen LogP contribution in [0.15, 0.2) is 24.3 Å². The van der Waals surface area contributed by atoms with E-state index in [9.17, 15) is 4.79 Å². The summed E-state index contributed by atoms with van der Waals surface area (Å²) in [6.45, 7) is 13.5. The number of carbonyl (C=O) groups is 1. The van der Waals surface area contributed by atoms with Crippen LogP contribution in [0.5, 0.6) is 5.75 Å². The monoisotopic (exact) mass is 316 g/mol. The maximum atomic E-state index is 12.4. The lowest BCUT2D eigenvalue weighted by atomic mass is 10.1. The van der Waals surface area contributed by atoms with Crippen molar-refractivity contribution < 1.29 is 9.53 Å². The molecule has 120 valence electrons. The topological polar surface area (TPSA) is 26.3 Å². The van der Waals surface area contributed by atoms with E-state index in [1.54, 1.807) is 19.2 Å². The molecule has 0 heterocycles. The van der Waals surface area contributed by atoms with Crippen LogP contribution in [0.2, 0.25) is 16.6 Å². The molecule has 0 saturated carbocycles. The zero-order valence-electron chi connectivity index (χ0n) is 14.9. The number of hydrogen-bond acceptors (Lipinski definition) is 2. The molecule has 1 aromatic carbocycles. The first-order valence-electron chi connectivity index (χ1n) is 7.97. The van der Waals surface area contributed by atoms with Crippen LogP contribution in [-0.4, -0.2) is 21.0 Å². The summed E-state index contributed by atoms with van der Waals surface area (Å²) < 4.78 is 5.17. The number of benzene rings is 1. The number of methoxy groups -OCH3 is 1. The fourth-order valence-electron chi connectivity index (χ4n) is 3.43. The van der Waals surface area contributed by atoms with Crippen molar-refractivity contribution in [2.75, 3.05) is 7.11 Å². The van der Waals surface area contributed by atoms with Crippen molar-refractivity contribution in [3.05, 3.63) is 29.8 Å². The van der Waals surface area contributed by atoms with Gasteiger partial charge in [-0.2, -0.15) is 0 Å². The van der Waals surface area contributed by atoms with E-state index in [1.165, 1.54) is 0 Å². The predicted molar refractivity (Wildman–Crippen MR) is 96.1 cm³/mol. The van der Waals surface area contributed by atoms with Gasteiger partial charge >= 0.3 is 0 Å². The van der Waals surface area contributed by atoms with Crippen molar-refractivity contribution in [3.8, 4) is 17.2 Å². The summed E-state index contributed by atoms with van der Waals surface area (Å²) in [6, 6.07) is 7.20. The zero-order valence-corrected chi connectivity index (χ0v) is 15.9. The van der Waals surface area contributed by atoms with E-state index >= 15 is 0 Å². The SMILES string of the molecule is COc1cccc(C(=O)C#C[Si](C(C)C)(C(C)C)C(C)C)c1. The van der Waals surface area contributed by atoms with Crippen LogP contribution in [-0.2, 0) is 0 Å². The van der Waals surface area contributed by atoms with Gasteiger partial charge in [-0.25, -0.2) is 0 Å². The van der Waals surface area contributed by atoms with Crippen LogP contribution in [0.4, 0.5) is 0 Å². The summed E-state index contributed by atoms with van der Waals surface area (Å²) in [5, 5.41) is 0. The number of carbonyl (C=O) groups excluding carboxylic acids is 1. The predicted octanol–water partition coefficient (Wildman–Crippen LogP) is 5.10. The highest BCUT2D eigenvalue weighted by Crippen LogP contribution is 2.40. The van der Waals surface area contributed by atoms with E-state index in [0.29, 0.717) is 27.9 Å². The van der Waals surface area contributed by atoms with Crippen LogP contribution in [0, 0.1) is 11.5 Å². The molecule has 0 aliphatic carbocycles. The second kappa shape index (κ2) is 7.65. The highest BCUT2D eigenvalue weighted by Gasteiger charge is 2.41. The number of ketones is 1. The van der Waals surface area contributed by atoms with Gasteiger partial charge in [0.15, 0.2) is 0 Å². The first-order chi connectivity index (χ1) is 10.3. The maximum Gasteiger partial charge on any atom is 0.235 e. The Morgan fingerprint density at radius 3 is 2.05 bits per heavy atom. The van der Waals surface area contributed by atoms with Crippen molar-refractivity contribution >= 4 is 13.9 Å². The molecule has 0 N–H and O–H groups in total. The molecule has 3 heteroatoms. The molecule has 0 bridgehead atoms. The lowest BCUT2D eigenvalue weighted by Gasteiger charge is -2.37. The molecule has 1 aromatic rings. The third-order valence-corrected chi connectivity index (χ3v) is 10.9. The van der Waals surface area contributed by atoms with Gasteiger partial charge in [-0.15, -0.1) is 5.54 Å². The molecular weight excluding hydrogens is 288 g/mol. The molecule has 0 atom stereocenters. The first-order valence-corrected chi connectivity index (χ1v) is 10.2. The normalized spacial score (nSPS) is 11.5. The average molecular weight is 317 g/mol. The van der Waals surface area contributed by atoms with Gasteiger partial charge < -0.3 is 4.74 Å². The molecule has 0 amide bonds. The lowest BCUT2D eigenvalue weighted by molar-refractivity contribution is 0.105. The van der Waals surface area contributed by atoms with Gasteiger partial charge in [0, 0.05) is 5.56 Å². The quantitative estimate of drug-likeness (QED) is 0.429. The molecule has 0 saturated heterocycles. The minimum Gasteiger partial charge on any atom is -0.497 e. The number of ether oxygens (including phenoxy) is 1. The molecule has 0 radical (unpaired) electrons. The van der Waals surface area contributed by atoms with Crippen molar-refractivity contribution in [2.24, 2.45) is 0 Å².